The number of rotatable bonds is 1. The van der Waals surface area contributed by atoms with E-state index in [1.807, 2.05) is 36.6 Å². The maximum Gasteiger partial charge on any atom is 0.161 e. The van der Waals surface area contributed by atoms with Crippen molar-refractivity contribution in [2.45, 2.75) is 20.8 Å². The van der Waals surface area contributed by atoms with E-state index < -0.39 is 0 Å². The smallest absolute Gasteiger partial charge is 0.161 e. The summed E-state index contributed by atoms with van der Waals surface area (Å²) < 4.78 is 1.95. The summed E-state index contributed by atoms with van der Waals surface area (Å²) in [7, 11) is 0. The van der Waals surface area contributed by atoms with E-state index in [0.717, 1.165) is 22.6 Å². The van der Waals surface area contributed by atoms with Gasteiger partial charge >= 0.3 is 0 Å². The molecule has 2 aromatic heterocycles. The van der Waals surface area contributed by atoms with Gasteiger partial charge in [0, 0.05) is 11.8 Å². The number of imidazole rings is 1. The molecule has 0 aromatic carbocycles. The third-order valence-corrected chi connectivity index (χ3v) is 2.39. The highest BCUT2D eigenvalue weighted by molar-refractivity contribution is 6.01. The van der Waals surface area contributed by atoms with Crippen molar-refractivity contribution in [3.8, 4) is 0 Å². The van der Waals surface area contributed by atoms with E-state index >= 15 is 0 Å². The molecule has 0 radical (unpaired) electrons. The van der Waals surface area contributed by atoms with Gasteiger partial charge in [-0.3, -0.25) is 4.79 Å². The van der Waals surface area contributed by atoms with Gasteiger partial charge in [0.15, 0.2) is 5.78 Å². The van der Waals surface area contributed by atoms with E-state index in [0.29, 0.717) is 0 Å². The standard InChI is InChI=1S/C11H12N2O/c1-7-11-10(8(2)14)5-4-6-13(11)9(3)12-7/h4-6H,1-3H3. The van der Waals surface area contributed by atoms with Crippen molar-refractivity contribution in [3.63, 3.8) is 0 Å². The number of nitrogens with zero attached hydrogens (tertiary/aromatic N) is 2. The Morgan fingerprint density at radius 2 is 2.14 bits per heavy atom. The van der Waals surface area contributed by atoms with Crippen LogP contribution in [-0.2, 0) is 0 Å². The summed E-state index contributed by atoms with van der Waals surface area (Å²) in [5.74, 6) is 0.999. The first-order valence-electron chi connectivity index (χ1n) is 4.56. The van der Waals surface area contributed by atoms with Crippen LogP contribution < -0.4 is 0 Å². The lowest BCUT2D eigenvalue weighted by Gasteiger charge is -2.01. The Morgan fingerprint density at radius 1 is 1.43 bits per heavy atom. The molecule has 2 heterocycles. The molecule has 0 saturated heterocycles. The van der Waals surface area contributed by atoms with Crippen molar-refractivity contribution >= 4 is 11.3 Å². The number of hydrogen-bond donors (Lipinski definition) is 0. The molecule has 0 saturated carbocycles. The average Bonchev–Trinajstić information content (AvgIpc) is 2.43. The van der Waals surface area contributed by atoms with E-state index in [9.17, 15) is 4.79 Å². The van der Waals surface area contributed by atoms with Crippen molar-refractivity contribution in [3.05, 3.63) is 35.4 Å². The Labute approximate surface area is 82.4 Å². The zero-order valence-electron chi connectivity index (χ0n) is 8.53. The number of carbonyl (C=O) groups is 1. The molecule has 0 aliphatic rings. The third kappa shape index (κ3) is 1.13. The van der Waals surface area contributed by atoms with E-state index in [2.05, 4.69) is 4.98 Å². The number of Topliss-reactive ketones (excluding diaryl/α,β-unsaturated/α-hetero) is 1. The van der Waals surface area contributed by atoms with Gasteiger partial charge in [0.05, 0.1) is 11.2 Å². The van der Waals surface area contributed by atoms with Crippen LogP contribution in [0.5, 0.6) is 0 Å². The number of fused-ring (bicyclic) bond motifs is 1. The molecular weight excluding hydrogens is 176 g/mol. The molecule has 0 fully saturated rings. The monoisotopic (exact) mass is 188 g/mol. The first-order chi connectivity index (χ1) is 6.61. The van der Waals surface area contributed by atoms with Crippen LogP contribution >= 0.6 is 0 Å². The van der Waals surface area contributed by atoms with Crippen molar-refractivity contribution in [1.82, 2.24) is 9.38 Å². The van der Waals surface area contributed by atoms with Crippen LogP contribution in [-0.4, -0.2) is 15.2 Å². The number of carbonyl (C=O) groups excluding carboxylic acids is 1. The van der Waals surface area contributed by atoms with Crippen molar-refractivity contribution in [1.29, 1.82) is 0 Å². The minimum absolute atomic E-state index is 0.0820. The largest absolute Gasteiger partial charge is 0.303 e. The summed E-state index contributed by atoms with van der Waals surface area (Å²) in [4.78, 5) is 15.7. The second-order valence-electron chi connectivity index (χ2n) is 3.44. The first kappa shape index (κ1) is 8.94. The molecule has 0 atom stereocenters. The average molecular weight is 188 g/mol. The van der Waals surface area contributed by atoms with Gasteiger partial charge in [0.2, 0.25) is 0 Å². The van der Waals surface area contributed by atoms with Crippen LogP contribution in [0.4, 0.5) is 0 Å². The van der Waals surface area contributed by atoms with E-state index in [1.165, 1.54) is 0 Å². The Balaban J connectivity index is 2.92. The zero-order valence-corrected chi connectivity index (χ0v) is 8.53. The first-order valence-corrected chi connectivity index (χ1v) is 4.56. The number of pyridine rings is 1. The molecule has 0 spiro atoms. The molecule has 3 nitrogen and oxygen atoms in total. The molecule has 2 aromatic rings. The predicted molar refractivity (Wildman–Crippen MR) is 54.7 cm³/mol. The van der Waals surface area contributed by atoms with Crippen LogP contribution in [0.25, 0.3) is 5.52 Å². The zero-order chi connectivity index (χ0) is 10.3. The van der Waals surface area contributed by atoms with Crippen LogP contribution in [0.1, 0.15) is 28.8 Å². The highest BCUT2D eigenvalue weighted by Gasteiger charge is 2.11. The number of ketones is 1. The summed E-state index contributed by atoms with van der Waals surface area (Å²) in [6.45, 7) is 5.44. The Kier molecular flexibility index (Phi) is 1.88. The summed E-state index contributed by atoms with van der Waals surface area (Å²) in [6.07, 6.45) is 1.93. The predicted octanol–water partition coefficient (Wildman–Crippen LogP) is 2.15. The number of aryl methyl sites for hydroxylation is 2. The topological polar surface area (TPSA) is 34.4 Å². The molecule has 0 amide bonds. The molecule has 0 N–H and O–H groups in total. The summed E-state index contributed by atoms with van der Waals surface area (Å²) in [6, 6.07) is 3.71. The summed E-state index contributed by atoms with van der Waals surface area (Å²) in [5.41, 5.74) is 2.58. The lowest BCUT2D eigenvalue weighted by molar-refractivity contribution is 0.101. The van der Waals surface area contributed by atoms with Crippen molar-refractivity contribution in [2.24, 2.45) is 0 Å². The SMILES string of the molecule is CC(=O)c1cccn2c(C)nc(C)c12. The lowest BCUT2D eigenvalue weighted by atomic mass is 10.1. The second kappa shape index (κ2) is 2.94. The van der Waals surface area contributed by atoms with E-state index in [-0.39, 0.29) is 5.78 Å². The van der Waals surface area contributed by atoms with E-state index in [1.54, 1.807) is 6.92 Å². The maximum absolute atomic E-state index is 11.4. The Morgan fingerprint density at radius 3 is 2.79 bits per heavy atom. The Bertz CT molecular complexity index is 511. The molecule has 2 rings (SSSR count). The molecule has 14 heavy (non-hydrogen) atoms. The van der Waals surface area contributed by atoms with Gasteiger partial charge < -0.3 is 4.40 Å². The molecule has 0 aliphatic carbocycles. The molecular formula is C11H12N2O. The fraction of sp³-hybridized carbons (Fsp3) is 0.273. The fourth-order valence-corrected chi connectivity index (χ4v) is 1.78. The van der Waals surface area contributed by atoms with Crippen LogP contribution in [0.3, 0.4) is 0 Å². The van der Waals surface area contributed by atoms with Gasteiger partial charge in [-0.2, -0.15) is 0 Å². The summed E-state index contributed by atoms with van der Waals surface area (Å²) in [5, 5.41) is 0. The minimum Gasteiger partial charge on any atom is -0.303 e. The Hall–Kier alpha value is -1.64. The molecule has 0 aliphatic heterocycles. The van der Waals surface area contributed by atoms with Crippen LogP contribution in [0.2, 0.25) is 0 Å². The quantitative estimate of drug-likeness (QED) is 0.642. The molecule has 3 heteroatoms. The number of hydrogen-bond acceptors (Lipinski definition) is 2. The fourth-order valence-electron chi connectivity index (χ4n) is 1.78. The normalized spacial score (nSPS) is 10.8. The third-order valence-electron chi connectivity index (χ3n) is 2.39. The molecule has 72 valence electrons. The highest BCUT2D eigenvalue weighted by Crippen LogP contribution is 2.17. The van der Waals surface area contributed by atoms with Crippen molar-refractivity contribution in [2.75, 3.05) is 0 Å². The van der Waals surface area contributed by atoms with Gasteiger partial charge in [-0.1, -0.05) is 0 Å². The lowest BCUT2D eigenvalue weighted by Crippen LogP contribution is -1.97. The van der Waals surface area contributed by atoms with Gasteiger partial charge in [0.25, 0.3) is 0 Å². The number of aromatic nitrogens is 2. The van der Waals surface area contributed by atoms with Gasteiger partial charge in [-0.05, 0) is 32.9 Å². The summed E-state index contributed by atoms with van der Waals surface area (Å²) >= 11 is 0. The van der Waals surface area contributed by atoms with Crippen molar-refractivity contribution < 1.29 is 4.79 Å². The van der Waals surface area contributed by atoms with E-state index in [4.69, 9.17) is 0 Å². The van der Waals surface area contributed by atoms with Gasteiger partial charge in [-0.25, -0.2) is 4.98 Å². The highest BCUT2D eigenvalue weighted by atomic mass is 16.1. The van der Waals surface area contributed by atoms with Crippen LogP contribution in [0.15, 0.2) is 18.3 Å². The molecule has 0 unspecified atom stereocenters. The van der Waals surface area contributed by atoms with Gasteiger partial charge in [0.1, 0.15) is 5.82 Å². The van der Waals surface area contributed by atoms with Crippen LogP contribution in [0, 0.1) is 13.8 Å². The second-order valence-corrected chi connectivity index (χ2v) is 3.44. The molecule has 0 bridgehead atoms. The minimum atomic E-state index is 0.0820. The maximum atomic E-state index is 11.4. The van der Waals surface area contributed by atoms with Gasteiger partial charge in [-0.15, -0.1) is 0 Å².